The molecular formula is C25H26BrN5O2. The first-order valence-corrected chi connectivity index (χ1v) is 11.4. The number of aromatic nitrogens is 1. The van der Waals surface area contributed by atoms with Crippen LogP contribution in [0, 0.1) is 11.3 Å². The lowest BCUT2D eigenvalue weighted by molar-refractivity contribution is -0.111. The molecule has 0 aliphatic carbocycles. The number of nitrogens with one attached hydrogen (secondary N) is 2. The van der Waals surface area contributed by atoms with Crippen LogP contribution in [0.2, 0.25) is 0 Å². The first-order valence-electron chi connectivity index (χ1n) is 10.6. The fraction of sp³-hybridized carbons (Fsp3) is 0.240. The zero-order valence-corrected chi connectivity index (χ0v) is 20.4. The summed E-state index contributed by atoms with van der Waals surface area (Å²) in [4.78, 5) is 19.2. The van der Waals surface area contributed by atoms with E-state index in [0.717, 1.165) is 23.2 Å². The third-order valence-electron chi connectivity index (χ3n) is 5.19. The molecule has 0 radical (unpaired) electrons. The van der Waals surface area contributed by atoms with Crippen molar-refractivity contribution >= 4 is 49.8 Å². The number of benzene rings is 2. The maximum Gasteiger partial charge on any atom is 0.248 e. The van der Waals surface area contributed by atoms with Crippen LogP contribution in [0.5, 0.6) is 5.75 Å². The smallest absolute Gasteiger partial charge is 0.248 e. The van der Waals surface area contributed by atoms with Crippen LogP contribution in [0.1, 0.15) is 19.4 Å². The summed E-state index contributed by atoms with van der Waals surface area (Å²) >= 11 is 3.47. The number of likely N-dealkylation sites (N-methyl/N-ethyl adjacent to an activating group) is 1. The number of nitrogens with zero attached hydrogens (tertiary/aromatic N) is 3. The fourth-order valence-corrected chi connectivity index (χ4v) is 3.78. The zero-order valence-electron chi connectivity index (χ0n) is 18.9. The lowest BCUT2D eigenvalue weighted by Crippen LogP contribution is -2.23. The van der Waals surface area contributed by atoms with E-state index in [1.807, 2.05) is 30.3 Å². The van der Waals surface area contributed by atoms with E-state index in [4.69, 9.17) is 4.74 Å². The molecule has 33 heavy (non-hydrogen) atoms. The number of pyridine rings is 1. The van der Waals surface area contributed by atoms with Gasteiger partial charge < -0.3 is 20.3 Å². The third-order valence-corrected chi connectivity index (χ3v) is 5.68. The van der Waals surface area contributed by atoms with Gasteiger partial charge in [0.05, 0.1) is 29.6 Å². The Balaban J connectivity index is 1.97. The van der Waals surface area contributed by atoms with Crippen molar-refractivity contribution in [1.82, 2.24) is 9.88 Å². The van der Waals surface area contributed by atoms with Crippen molar-refractivity contribution < 1.29 is 9.53 Å². The number of amides is 1. The zero-order chi connectivity index (χ0) is 23.8. The van der Waals surface area contributed by atoms with Crippen LogP contribution in [0.4, 0.5) is 17.1 Å². The molecule has 7 nitrogen and oxygen atoms in total. The molecule has 8 heteroatoms. The van der Waals surface area contributed by atoms with E-state index in [9.17, 15) is 10.1 Å². The minimum absolute atomic E-state index is 0.259. The molecule has 0 aliphatic heterocycles. The average Bonchev–Trinajstić information content (AvgIpc) is 2.82. The number of nitriles is 1. The molecule has 1 aromatic heterocycles. The van der Waals surface area contributed by atoms with Gasteiger partial charge in [-0.25, -0.2) is 0 Å². The number of hydrogen-bond acceptors (Lipinski definition) is 6. The maximum absolute atomic E-state index is 12.6. The molecule has 0 unspecified atom stereocenters. The van der Waals surface area contributed by atoms with Crippen molar-refractivity contribution in [1.29, 1.82) is 5.26 Å². The molecule has 0 spiro atoms. The predicted octanol–water partition coefficient (Wildman–Crippen LogP) is 5.46. The Labute approximate surface area is 202 Å². The van der Waals surface area contributed by atoms with Crippen molar-refractivity contribution in [3.63, 3.8) is 0 Å². The van der Waals surface area contributed by atoms with Crippen molar-refractivity contribution in [3.8, 4) is 11.8 Å². The Morgan fingerprint density at radius 1 is 1.27 bits per heavy atom. The first kappa shape index (κ1) is 24.2. The molecule has 0 saturated carbocycles. The highest BCUT2D eigenvalue weighted by atomic mass is 79.9. The normalized spacial score (nSPS) is 11.0. The number of ether oxygens (including phenoxy) is 1. The van der Waals surface area contributed by atoms with Gasteiger partial charge in [0.15, 0.2) is 0 Å². The molecule has 3 rings (SSSR count). The Kier molecular flexibility index (Phi) is 8.41. The van der Waals surface area contributed by atoms with Crippen molar-refractivity contribution in [2.24, 2.45) is 0 Å². The lowest BCUT2D eigenvalue weighted by Gasteiger charge is -2.16. The fourth-order valence-electron chi connectivity index (χ4n) is 3.38. The highest BCUT2D eigenvalue weighted by Gasteiger charge is 2.15. The standard InChI is InChI=1S/C25H26BrN5O2/c1-4-31(5-2)11-7-10-24(32)30-22-13-20-21(14-23(22)33-3)28-16-17(15-27)25(20)29-19-9-6-8-18(26)12-19/h6-10,12-14,16H,4-5,11H2,1-3H3,(H,28,29)(H,30,32). The molecule has 1 heterocycles. The molecule has 0 bridgehead atoms. The third kappa shape index (κ3) is 6.09. The molecule has 1 amide bonds. The average molecular weight is 508 g/mol. The topological polar surface area (TPSA) is 90.3 Å². The SMILES string of the molecule is CCN(CC)CC=CC(=O)Nc1cc2c(Nc3cccc(Br)c3)c(C#N)cnc2cc1OC. The minimum atomic E-state index is -0.259. The van der Waals surface area contributed by atoms with Gasteiger partial charge in [-0.05, 0) is 37.4 Å². The van der Waals surface area contributed by atoms with Crippen LogP contribution in [0.15, 0.2) is 59.2 Å². The van der Waals surface area contributed by atoms with Crippen LogP contribution in [0.25, 0.3) is 10.9 Å². The van der Waals surface area contributed by atoms with Gasteiger partial charge in [-0.1, -0.05) is 41.9 Å². The number of carbonyl (C=O) groups is 1. The van der Waals surface area contributed by atoms with Crippen molar-refractivity contribution in [2.75, 3.05) is 37.4 Å². The Morgan fingerprint density at radius 3 is 2.73 bits per heavy atom. The van der Waals surface area contributed by atoms with E-state index in [-0.39, 0.29) is 5.91 Å². The monoisotopic (exact) mass is 507 g/mol. The molecule has 0 fully saturated rings. The molecule has 2 N–H and O–H groups in total. The molecular weight excluding hydrogens is 482 g/mol. The highest BCUT2D eigenvalue weighted by Crippen LogP contribution is 2.36. The van der Waals surface area contributed by atoms with E-state index in [1.165, 1.54) is 19.4 Å². The summed E-state index contributed by atoms with van der Waals surface area (Å²) in [5, 5.41) is 16.6. The summed E-state index contributed by atoms with van der Waals surface area (Å²) < 4.78 is 6.40. The highest BCUT2D eigenvalue weighted by molar-refractivity contribution is 9.10. The molecule has 2 aromatic carbocycles. The van der Waals surface area contributed by atoms with Crippen LogP contribution in [-0.2, 0) is 4.79 Å². The number of halogens is 1. The first-order chi connectivity index (χ1) is 16.0. The summed E-state index contributed by atoms with van der Waals surface area (Å²) in [6.45, 7) is 6.71. The quantitative estimate of drug-likeness (QED) is 0.373. The van der Waals surface area contributed by atoms with Gasteiger partial charge in [0.25, 0.3) is 0 Å². The van der Waals surface area contributed by atoms with E-state index >= 15 is 0 Å². The largest absolute Gasteiger partial charge is 0.494 e. The molecule has 0 atom stereocenters. The summed E-state index contributed by atoms with van der Waals surface area (Å²) in [7, 11) is 1.54. The number of hydrogen-bond donors (Lipinski definition) is 2. The Bertz CT molecular complexity index is 1220. The summed E-state index contributed by atoms with van der Waals surface area (Å²) in [5.41, 5.74) is 2.95. The maximum atomic E-state index is 12.6. The number of anilines is 3. The molecule has 0 saturated heterocycles. The summed E-state index contributed by atoms with van der Waals surface area (Å²) in [5.74, 6) is 0.226. The number of rotatable bonds is 9. The number of methoxy groups -OCH3 is 1. The Hall–Kier alpha value is -3.41. The second kappa shape index (κ2) is 11.5. The van der Waals surface area contributed by atoms with E-state index in [0.29, 0.717) is 40.1 Å². The van der Waals surface area contributed by atoms with Gasteiger partial charge in [-0.15, -0.1) is 0 Å². The number of fused-ring (bicyclic) bond motifs is 1. The van der Waals surface area contributed by atoms with Crippen LogP contribution < -0.4 is 15.4 Å². The summed E-state index contributed by atoms with van der Waals surface area (Å²) in [6, 6.07) is 13.4. The van der Waals surface area contributed by atoms with Crippen LogP contribution in [-0.4, -0.2) is 42.5 Å². The van der Waals surface area contributed by atoms with E-state index in [1.54, 1.807) is 12.1 Å². The van der Waals surface area contributed by atoms with E-state index < -0.39 is 0 Å². The van der Waals surface area contributed by atoms with Gasteiger partial charge in [0.2, 0.25) is 5.91 Å². The predicted molar refractivity (Wildman–Crippen MR) is 136 cm³/mol. The summed E-state index contributed by atoms with van der Waals surface area (Å²) in [6.07, 6.45) is 4.88. The van der Waals surface area contributed by atoms with Crippen LogP contribution in [0.3, 0.4) is 0 Å². The van der Waals surface area contributed by atoms with Crippen LogP contribution >= 0.6 is 15.9 Å². The van der Waals surface area contributed by atoms with Gasteiger partial charge >= 0.3 is 0 Å². The van der Waals surface area contributed by atoms with Gasteiger partial charge in [0, 0.05) is 40.4 Å². The van der Waals surface area contributed by atoms with Crippen molar-refractivity contribution in [2.45, 2.75) is 13.8 Å². The molecule has 3 aromatic rings. The Morgan fingerprint density at radius 2 is 2.06 bits per heavy atom. The van der Waals surface area contributed by atoms with Gasteiger partial charge in [-0.2, -0.15) is 5.26 Å². The second-order valence-electron chi connectivity index (χ2n) is 7.24. The molecule has 0 aliphatic rings. The minimum Gasteiger partial charge on any atom is -0.494 e. The second-order valence-corrected chi connectivity index (χ2v) is 8.16. The van der Waals surface area contributed by atoms with Gasteiger partial charge in [-0.3, -0.25) is 9.78 Å². The number of carbonyl (C=O) groups excluding carboxylic acids is 1. The lowest BCUT2D eigenvalue weighted by atomic mass is 10.1. The van der Waals surface area contributed by atoms with E-state index in [2.05, 4.69) is 56.4 Å². The van der Waals surface area contributed by atoms with Crippen molar-refractivity contribution in [3.05, 3.63) is 64.8 Å². The van der Waals surface area contributed by atoms with Gasteiger partial charge in [0.1, 0.15) is 11.8 Å². The molecule has 170 valence electrons.